The first-order chi connectivity index (χ1) is 23.4. The molecule has 10 heteroatoms. The van der Waals surface area contributed by atoms with E-state index in [1.807, 2.05) is 62.4 Å². The molecule has 0 radical (unpaired) electrons. The highest BCUT2D eigenvalue weighted by Gasteiger charge is 2.36. The molecule has 0 heterocycles. The summed E-state index contributed by atoms with van der Waals surface area (Å²) in [6.45, 7) is 7.18. The Kier molecular flexibility index (Phi) is 12.5. The van der Waals surface area contributed by atoms with E-state index in [2.05, 4.69) is 20.1 Å². The number of Topliss-reactive ketones (excluding diaryl/α,β-unsaturated/α-hetero) is 1. The number of carbonyl (C=O) groups is 3. The molecule has 0 spiro atoms. The molecule has 4 aliphatic rings. The largest absolute Gasteiger partial charge is 0.506 e. The molecule has 1 aromatic carbocycles. The van der Waals surface area contributed by atoms with E-state index in [1.54, 1.807) is 0 Å². The van der Waals surface area contributed by atoms with Crippen LogP contribution < -0.4 is 15.5 Å². The summed E-state index contributed by atoms with van der Waals surface area (Å²) in [7, 11) is 0. The lowest BCUT2D eigenvalue weighted by atomic mass is 9.80. The zero-order valence-electron chi connectivity index (χ0n) is 28.5. The lowest BCUT2D eigenvalue weighted by Gasteiger charge is -2.26. The van der Waals surface area contributed by atoms with E-state index >= 15 is 0 Å². The van der Waals surface area contributed by atoms with Crippen molar-refractivity contribution in [1.29, 1.82) is 0 Å². The molecule has 48 heavy (non-hydrogen) atoms. The molecule has 2 fully saturated rings. The van der Waals surface area contributed by atoms with Crippen LogP contribution in [-0.2, 0) is 14.3 Å². The van der Waals surface area contributed by atoms with Crippen molar-refractivity contribution in [3.05, 3.63) is 71.0 Å². The number of aliphatic hydroxyl groups is 1. The molecule has 258 valence electrons. The standard InChI is InChI=1S/C38H50N4O6/c1-3-41(23-25-47-37(45)39-29-11-7-5-8-12-29)31-19-15-27(16-20-31)33-35(43)34(36(33)44)28-17-21-32(22-18-28)42(4-2)24-26-48-38(46)40-30-13-9-6-10-14-30/h15-22,29-30H,3-14,23-26H2,1-2H3,(H2-,39,40,43,44,45,46)/p+1. The molecule has 0 bridgehead atoms. The van der Waals surface area contributed by atoms with Crippen LogP contribution in [0.25, 0.3) is 5.57 Å². The Hall–Kier alpha value is -4.34. The normalized spacial score (nSPS) is 18.5. The summed E-state index contributed by atoms with van der Waals surface area (Å²) in [6.07, 6.45) is 17.9. The van der Waals surface area contributed by atoms with Crippen molar-refractivity contribution in [2.24, 2.45) is 0 Å². The van der Waals surface area contributed by atoms with E-state index in [-0.39, 0.29) is 49.0 Å². The van der Waals surface area contributed by atoms with Crippen LogP contribution in [0, 0.1) is 0 Å². The number of nitrogens with one attached hydrogen (secondary N) is 2. The number of hydrogen-bond acceptors (Lipinski definition) is 7. The molecular weight excluding hydrogens is 608 g/mol. The number of nitrogens with zero attached hydrogens (tertiary/aromatic N) is 2. The number of anilines is 1. The van der Waals surface area contributed by atoms with Crippen LogP contribution in [0.2, 0.25) is 0 Å². The highest BCUT2D eigenvalue weighted by molar-refractivity contribution is 6.39. The Bertz CT molecular complexity index is 1460. The van der Waals surface area contributed by atoms with Gasteiger partial charge in [0.15, 0.2) is 18.9 Å². The summed E-state index contributed by atoms with van der Waals surface area (Å²) in [4.78, 5) is 39.7. The van der Waals surface area contributed by atoms with Crippen molar-refractivity contribution in [3.63, 3.8) is 0 Å². The summed E-state index contributed by atoms with van der Waals surface area (Å²) in [5.74, 6) is -0.197. The monoisotopic (exact) mass is 659 g/mol. The van der Waals surface area contributed by atoms with Gasteiger partial charge in [0.1, 0.15) is 18.9 Å². The Balaban J connectivity index is 1.13. The van der Waals surface area contributed by atoms with Crippen molar-refractivity contribution in [2.75, 3.05) is 44.3 Å². The van der Waals surface area contributed by atoms with Crippen molar-refractivity contribution in [1.82, 2.24) is 10.6 Å². The highest BCUT2D eigenvalue weighted by atomic mass is 16.6. The lowest BCUT2D eigenvalue weighted by molar-refractivity contribution is -0.524. The van der Waals surface area contributed by atoms with E-state index in [0.717, 1.165) is 75.9 Å². The minimum Gasteiger partial charge on any atom is -0.506 e. The summed E-state index contributed by atoms with van der Waals surface area (Å²) < 4.78 is 13.0. The number of hydrogen-bond donors (Lipinski definition) is 3. The molecule has 0 saturated heterocycles. The fourth-order valence-electron chi connectivity index (χ4n) is 6.96. The quantitative estimate of drug-likeness (QED) is 0.176. The van der Waals surface area contributed by atoms with E-state index in [0.29, 0.717) is 35.4 Å². The second-order valence-corrected chi connectivity index (χ2v) is 12.9. The van der Waals surface area contributed by atoms with Gasteiger partial charge in [0.2, 0.25) is 5.78 Å². The molecule has 0 unspecified atom stereocenters. The predicted octanol–water partition coefficient (Wildman–Crippen LogP) is 6.38. The Morgan fingerprint density at radius 3 is 1.90 bits per heavy atom. The molecule has 2 saturated carbocycles. The van der Waals surface area contributed by atoms with Gasteiger partial charge in [-0.2, -0.15) is 0 Å². The third kappa shape index (κ3) is 8.96. The Morgan fingerprint density at radius 1 is 0.812 bits per heavy atom. The first kappa shape index (κ1) is 35.0. The second-order valence-electron chi connectivity index (χ2n) is 12.9. The van der Waals surface area contributed by atoms with Crippen molar-refractivity contribution >= 4 is 34.9 Å². The number of alkyl carbamates (subject to hydrolysis) is 2. The van der Waals surface area contributed by atoms with E-state index < -0.39 is 0 Å². The lowest BCUT2D eigenvalue weighted by Crippen LogP contribution is -2.38. The van der Waals surface area contributed by atoms with Crippen LogP contribution >= 0.6 is 0 Å². The number of amides is 2. The van der Waals surface area contributed by atoms with Crippen LogP contribution in [0.3, 0.4) is 0 Å². The number of rotatable bonds is 12. The van der Waals surface area contributed by atoms with Crippen molar-refractivity contribution in [3.8, 4) is 0 Å². The van der Waals surface area contributed by atoms with Gasteiger partial charge in [0.25, 0.3) is 0 Å². The first-order valence-corrected chi connectivity index (χ1v) is 17.8. The topological polar surface area (TPSA) is 120 Å². The number of benzene rings is 1. The van der Waals surface area contributed by atoms with Crippen LogP contribution in [0.15, 0.2) is 65.5 Å². The average Bonchev–Trinajstić information content (AvgIpc) is 3.10. The van der Waals surface area contributed by atoms with Gasteiger partial charge in [0, 0.05) is 36.5 Å². The molecule has 0 aliphatic heterocycles. The molecule has 1 aromatic rings. The minimum absolute atomic E-state index is 0.00467. The fourth-order valence-corrected chi connectivity index (χ4v) is 6.96. The van der Waals surface area contributed by atoms with Gasteiger partial charge in [-0.05, 0) is 75.0 Å². The average molecular weight is 660 g/mol. The SMILES string of the molecule is CCN(CCOC(=O)NC1CCCCC1)c1ccc(C2=C(O)C(=C3C=CC(=[N+](CC)CCOC(=O)NC4CCCCC4)C=C3)C2=O)cc1. The van der Waals surface area contributed by atoms with Gasteiger partial charge in [-0.25, -0.2) is 14.2 Å². The van der Waals surface area contributed by atoms with E-state index in [9.17, 15) is 19.5 Å². The number of likely N-dealkylation sites (N-methyl/N-ethyl adjacent to an activating group) is 2. The number of aliphatic hydroxyl groups excluding tert-OH is 1. The third-order valence-corrected chi connectivity index (χ3v) is 9.78. The summed E-state index contributed by atoms with van der Waals surface area (Å²) in [6, 6.07) is 7.95. The third-order valence-electron chi connectivity index (χ3n) is 9.78. The minimum atomic E-state index is -0.358. The summed E-state index contributed by atoms with van der Waals surface area (Å²) in [5, 5.41) is 16.9. The van der Waals surface area contributed by atoms with Crippen molar-refractivity contribution in [2.45, 2.75) is 90.1 Å². The van der Waals surface area contributed by atoms with Gasteiger partial charge in [-0.3, -0.25) is 4.79 Å². The molecule has 0 aromatic heterocycles. The molecule has 3 N–H and O–H groups in total. The van der Waals surface area contributed by atoms with Crippen LogP contribution in [0.1, 0.15) is 83.6 Å². The maximum Gasteiger partial charge on any atom is 0.407 e. The maximum absolute atomic E-state index is 13.2. The van der Waals surface area contributed by atoms with E-state index in [4.69, 9.17) is 9.47 Å². The maximum atomic E-state index is 13.2. The number of allylic oxidation sites excluding steroid dienone is 7. The summed E-state index contributed by atoms with van der Waals surface area (Å²) in [5.41, 5.74) is 3.83. The van der Waals surface area contributed by atoms with Crippen LogP contribution in [-0.4, -0.2) is 84.8 Å². The van der Waals surface area contributed by atoms with Gasteiger partial charge >= 0.3 is 12.2 Å². The summed E-state index contributed by atoms with van der Waals surface area (Å²) >= 11 is 0. The van der Waals surface area contributed by atoms with Crippen molar-refractivity contribution < 1.29 is 33.5 Å². The number of ketones is 1. The zero-order chi connectivity index (χ0) is 33.9. The molecule has 5 rings (SSSR count). The first-order valence-electron chi connectivity index (χ1n) is 17.8. The van der Waals surface area contributed by atoms with Gasteiger partial charge in [-0.15, -0.1) is 0 Å². The van der Waals surface area contributed by atoms with Gasteiger partial charge in [-0.1, -0.05) is 50.7 Å². The van der Waals surface area contributed by atoms with Gasteiger partial charge in [0.05, 0.1) is 17.7 Å². The smallest absolute Gasteiger partial charge is 0.407 e. The number of carbonyl (C=O) groups excluding carboxylic acids is 3. The molecule has 4 aliphatic carbocycles. The Labute approximate surface area is 284 Å². The second kappa shape index (κ2) is 17.2. The molecular formula is C38H51N4O6+. The molecule has 0 atom stereocenters. The van der Waals surface area contributed by atoms with Crippen LogP contribution in [0.5, 0.6) is 0 Å². The van der Waals surface area contributed by atoms with Gasteiger partial charge < -0.3 is 30.1 Å². The highest BCUT2D eigenvalue weighted by Crippen LogP contribution is 2.39. The number of ether oxygens (including phenoxy) is 2. The van der Waals surface area contributed by atoms with Crippen LogP contribution in [0.4, 0.5) is 15.3 Å². The fraction of sp³-hybridized carbons (Fsp3) is 0.526. The molecule has 2 amide bonds. The van der Waals surface area contributed by atoms with E-state index in [1.165, 1.54) is 12.8 Å². The zero-order valence-corrected chi connectivity index (χ0v) is 28.5. The predicted molar refractivity (Wildman–Crippen MR) is 188 cm³/mol. The molecule has 10 nitrogen and oxygen atoms in total. The Morgan fingerprint density at radius 2 is 1.38 bits per heavy atom.